The molecule has 0 radical (unpaired) electrons. The third-order valence-electron chi connectivity index (χ3n) is 1.41. The Kier molecular flexibility index (Phi) is 4.87. The molecule has 0 atom stereocenters. The lowest BCUT2D eigenvalue weighted by molar-refractivity contribution is 0.224. The van der Waals surface area contributed by atoms with Crippen LogP contribution in [0.4, 0.5) is 0 Å². The number of ether oxygens (including phenoxy) is 1. The van der Waals surface area contributed by atoms with Crippen molar-refractivity contribution in [2.75, 3.05) is 23.4 Å². The molecule has 0 aliphatic rings. The second-order valence-corrected chi connectivity index (χ2v) is 7.10. The van der Waals surface area contributed by atoms with E-state index in [2.05, 4.69) is 4.74 Å². The van der Waals surface area contributed by atoms with Crippen LogP contribution in [0.3, 0.4) is 0 Å². The first-order valence-corrected chi connectivity index (χ1v) is 7.46. The molecule has 5 nitrogen and oxygen atoms in total. The monoisotopic (exact) mass is 230 g/mol. The van der Waals surface area contributed by atoms with Gasteiger partial charge in [0.1, 0.15) is 11.9 Å². The quantitative estimate of drug-likeness (QED) is 0.631. The van der Waals surface area contributed by atoms with Gasteiger partial charge in [0, 0.05) is 11.5 Å². The van der Waals surface area contributed by atoms with Crippen molar-refractivity contribution >= 4 is 19.7 Å². The zero-order chi connectivity index (χ0) is 10.5. The van der Waals surface area contributed by atoms with Gasteiger partial charge < -0.3 is 4.74 Å². The molecule has 0 aromatic heterocycles. The summed E-state index contributed by atoms with van der Waals surface area (Å²) in [5.74, 6) is -1.14. The zero-order valence-corrected chi connectivity index (χ0v) is 9.32. The van der Waals surface area contributed by atoms with Gasteiger partial charge in [0.05, 0.1) is 0 Å². The lowest BCUT2D eigenvalue weighted by Crippen LogP contribution is -2.17. The Balaban J connectivity index is 3.96. The topological polar surface area (TPSA) is 77.5 Å². The first-order valence-electron chi connectivity index (χ1n) is 3.81. The van der Waals surface area contributed by atoms with Crippen molar-refractivity contribution in [1.82, 2.24) is 0 Å². The molecule has 0 aliphatic heterocycles. The van der Waals surface area contributed by atoms with Gasteiger partial charge in [-0.25, -0.2) is 16.8 Å². The van der Waals surface area contributed by atoms with Crippen molar-refractivity contribution in [3.63, 3.8) is 0 Å². The lowest BCUT2D eigenvalue weighted by Gasteiger charge is -2.03. The molecule has 0 amide bonds. The van der Waals surface area contributed by atoms with Gasteiger partial charge in [0.25, 0.3) is 0 Å². The molecule has 0 aromatic carbocycles. The van der Waals surface area contributed by atoms with Crippen LogP contribution in [0.1, 0.15) is 13.8 Å². The smallest absolute Gasteiger partial charge is 0.174 e. The average Bonchev–Trinajstić information content (AvgIpc) is 2.04. The molecule has 0 saturated carbocycles. The van der Waals surface area contributed by atoms with Crippen LogP contribution in [-0.2, 0) is 24.4 Å². The van der Waals surface area contributed by atoms with Gasteiger partial charge >= 0.3 is 0 Å². The molecule has 80 valence electrons. The van der Waals surface area contributed by atoms with Crippen LogP contribution in [0.5, 0.6) is 0 Å². The van der Waals surface area contributed by atoms with Crippen LogP contribution in [-0.4, -0.2) is 40.2 Å². The third-order valence-corrected chi connectivity index (χ3v) is 4.22. The molecule has 7 heteroatoms. The molecule has 13 heavy (non-hydrogen) atoms. The fourth-order valence-corrected chi connectivity index (χ4v) is 1.57. The molecule has 0 unspecified atom stereocenters. The van der Waals surface area contributed by atoms with E-state index in [4.69, 9.17) is 0 Å². The molecule has 0 fully saturated rings. The number of hydrogen-bond acceptors (Lipinski definition) is 5. The molecule has 0 heterocycles. The largest absolute Gasteiger partial charge is 0.350 e. The number of rotatable bonds is 6. The maximum absolute atomic E-state index is 10.9. The summed E-state index contributed by atoms with van der Waals surface area (Å²) in [6.07, 6.45) is 0. The summed E-state index contributed by atoms with van der Waals surface area (Å²) < 4.78 is 48.0. The Morgan fingerprint density at radius 1 is 0.846 bits per heavy atom. The van der Waals surface area contributed by atoms with Gasteiger partial charge in [-0.05, 0) is 0 Å². The molecule has 0 rings (SSSR count). The van der Waals surface area contributed by atoms with Crippen molar-refractivity contribution in [3.05, 3.63) is 0 Å². The summed E-state index contributed by atoms with van der Waals surface area (Å²) in [6.45, 7) is 2.96. The normalized spacial score (nSPS) is 13.1. The Bertz CT molecular complexity index is 292. The highest BCUT2D eigenvalue weighted by Gasteiger charge is 2.11. The maximum atomic E-state index is 10.9. The number of hydrogen-bond donors (Lipinski definition) is 0. The van der Waals surface area contributed by atoms with E-state index < -0.39 is 31.6 Å². The molecule has 0 saturated heterocycles. The van der Waals surface area contributed by atoms with Crippen LogP contribution < -0.4 is 0 Å². The van der Waals surface area contributed by atoms with Gasteiger partial charge in [-0.3, -0.25) is 0 Å². The fourth-order valence-electron chi connectivity index (χ4n) is 0.455. The highest BCUT2D eigenvalue weighted by atomic mass is 32.2. The second-order valence-electron chi connectivity index (χ2n) is 2.50. The molecular formula is C6H14O5S2. The second kappa shape index (κ2) is 4.92. The van der Waals surface area contributed by atoms with Crippen molar-refractivity contribution in [3.8, 4) is 0 Å². The zero-order valence-electron chi connectivity index (χ0n) is 7.69. The van der Waals surface area contributed by atoms with Crippen molar-refractivity contribution in [2.45, 2.75) is 13.8 Å². The van der Waals surface area contributed by atoms with Crippen LogP contribution in [0.15, 0.2) is 0 Å². The van der Waals surface area contributed by atoms with Crippen molar-refractivity contribution in [2.24, 2.45) is 0 Å². The van der Waals surface area contributed by atoms with E-state index in [0.717, 1.165) is 0 Å². The van der Waals surface area contributed by atoms with E-state index in [-0.39, 0.29) is 11.5 Å². The van der Waals surface area contributed by atoms with Gasteiger partial charge in [0.15, 0.2) is 19.7 Å². The van der Waals surface area contributed by atoms with E-state index in [1.54, 1.807) is 0 Å². The Morgan fingerprint density at radius 3 is 1.38 bits per heavy atom. The van der Waals surface area contributed by atoms with Gasteiger partial charge in [-0.1, -0.05) is 13.8 Å². The Labute approximate surface area is 78.9 Å². The van der Waals surface area contributed by atoms with Crippen molar-refractivity contribution in [1.29, 1.82) is 0 Å². The average molecular weight is 230 g/mol. The lowest BCUT2D eigenvalue weighted by atomic mass is 11.0. The predicted octanol–water partition coefficient (Wildman–Crippen LogP) is -0.213. The maximum Gasteiger partial charge on any atom is 0.174 e. The van der Waals surface area contributed by atoms with Crippen LogP contribution >= 0.6 is 0 Å². The molecule has 0 aromatic rings. The van der Waals surface area contributed by atoms with E-state index in [0.29, 0.717) is 0 Å². The highest BCUT2D eigenvalue weighted by molar-refractivity contribution is 7.91. The minimum absolute atomic E-state index is 0.0425. The molecule has 0 N–H and O–H groups in total. The predicted molar refractivity (Wildman–Crippen MR) is 49.7 cm³/mol. The molecule has 0 bridgehead atoms. The van der Waals surface area contributed by atoms with Gasteiger partial charge in [0.2, 0.25) is 0 Å². The summed E-state index contributed by atoms with van der Waals surface area (Å²) in [7, 11) is -6.47. The minimum Gasteiger partial charge on any atom is -0.350 e. The van der Waals surface area contributed by atoms with E-state index in [9.17, 15) is 16.8 Å². The van der Waals surface area contributed by atoms with Crippen LogP contribution in [0.25, 0.3) is 0 Å². The molecular weight excluding hydrogens is 216 g/mol. The first kappa shape index (κ1) is 12.9. The van der Waals surface area contributed by atoms with Crippen LogP contribution in [0.2, 0.25) is 0 Å². The summed E-state index contributed by atoms with van der Waals surface area (Å²) in [5.41, 5.74) is 0. The first-order chi connectivity index (χ1) is 5.83. The standard InChI is InChI=1S/C6H14O5S2/c1-3-12(7,8)5-11-6-13(9,10)4-2/h3-6H2,1-2H3. The van der Waals surface area contributed by atoms with Crippen LogP contribution in [0, 0.1) is 0 Å². The molecule has 0 spiro atoms. The fraction of sp³-hybridized carbons (Fsp3) is 1.00. The van der Waals surface area contributed by atoms with E-state index >= 15 is 0 Å². The SMILES string of the molecule is CCS(=O)(=O)COCS(=O)(=O)CC. The number of sulfone groups is 2. The summed E-state index contributed by atoms with van der Waals surface area (Å²) in [6, 6.07) is 0. The molecule has 0 aliphatic carbocycles. The van der Waals surface area contributed by atoms with Gasteiger partial charge in [-0.15, -0.1) is 0 Å². The van der Waals surface area contributed by atoms with Gasteiger partial charge in [-0.2, -0.15) is 0 Å². The summed E-state index contributed by atoms with van der Waals surface area (Å²) >= 11 is 0. The highest BCUT2D eigenvalue weighted by Crippen LogP contribution is 1.95. The van der Waals surface area contributed by atoms with E-state index in [1.165, 1.54) is 13.8 Å². The van der Waals surface area contributed by atoms with E-state index in [1.807, 2.05) is 0 Å². The summed E-state index contributed by atoms with van der Waals surface area (Å²) in [5, 5.41) is 0. The minimum atomic E-state index is -3.24. The van der Waals surface area contributed by atoms with Crippen molar-refractivity contribution < 1.29 is 21.6 Å². The Hall–Kier alpha value is -0.140. The third kappa shape index (κ3) is 6.00. The summed E-state index contributed by atoms with van der Waals surface area (Å²) in [4.78, 5) is 0. The Morgan fingerprint density at radius 2 is 1.15 bits per heavy atom.